The van der Waals surface area contributed by atoms with Gasteiger partial charge < -0.3 is 13.8 Å². The minimum absolute atomic E-state index is 0.261. The molecule has 1 fully saturated rings. The van der Waals surface area contributed by atoms with Gasteiger partial charge in [0.15, 0.2) is 5.82 Å². The molecule has 1 aliphatic heterocycles. The summed E-state index contributed by atoms with van der Waals surface area (Å²) >= 11 is 0. The maximum atomic E-state index is 5.47. The van der Waals surface area contributed by atoms with Gasteiger partial charge in [0.2, 0.25) is 5.89 Å². The number of hydrogen-bond donors (Lipinski definition) is 0. The number of nitrogens with zero attached hydrogens (tertiary/aromatic N) is 4. The van der Waals surface area contributed by atoms with Crippen molar-refractivity contribution in [3.63, 3.8) is 0 Å². The fraction of sp³-hybridized carbons (Fsp3) is 0.471. The molecular weight excluding hydrogens is 292 g/mol. The van der Waals surface area contributed by atoms with Crippen molar-refractivity contribution in [3.8, 4) is 0 Å². The van der Waals surface area contributed by atoms with Crippen molar-refractivity contribution in [1.29, 1.82) is 0 Å². The van der Waals surface area contributed by atoms with Gasteiger partial charge in [-0.3, -0.25) is 0 Å². The first-order valence-electron chi connectivity index (χ1n) is 8.07. The lowest BCUT2D eigenvalue weighted by molar-refractivity contribution is 0.192. The molecule has 0 unspecified atom stereocenters. The number of benzene rings is 1. The largest absolute Gasteiger partial charge is 0.381 e. The Labute approximate surface area is 134 Å². The maximum Gasteiger partial charge on any atom is 0.246 e. The zero-order valence-corrected chi connectivity index (χ0v) is 13.4. The average Bonchev–Trinajstić information content (AvgIpc) is 3.26. The Morgan fingerprint density at radius 2 is 2.13 bits per heavy atom. The van der Waals surface area contributed by atoms with Crippen LogP contribution >= 0.6 is 0 Å². The zero-order chi connectivity index (χ0) is 15.8. The van der Waals surface area contributed by atoms with Crippen molar-refractivity contribution in [2.75, 3.05) is 13.2 Å². The molecule has 1 saturated heterocycles. The van der Waals surface area contributed by atoms with Gasteiger partial charge in [0.1, 0.15) is 12.4 Å². The number of ether oxygens (including phenoxy) is 1. The summed E-state index contributed by atoms with van der Waals surface area (Å²) in [6.45, 7) is 6.30. The minimum atomic E-state index is 0.261. The van der Waals surface area contributed by atoms with Crippen LogP contribution in [-0.4, -0.2) is 32.9 Å². The summed E-state index contributed by atoms with van der Waals surface area (Å²) in [5.41, 5.74) is 2.10. The molecule has 0 bridgehead atoms. The summed E-state index contributed by atoms with van der Waals surface area (Å²) in [6, 6.07) is 8.15. The van der Waals surface area contributed by atoms with E-state index < -0.39 is 0 Å². The number of imidazole rings is 1. The zero-order valence-electron chi connectivity index (χ0n) is 13.4. The summed E-state index contributed by atoms with van der Waals surface area (Å²) in [7, 11) is 0. The van der Waals surface area contributed by atoms with Crippen LogP contribution in [0.3, 0.4) is 0 Å². The second-order valence-corrected chi connectivity index (χ2v) is 6.31. The highest BCUT2D eigenvalue weighted by atomic mass is 16.5. The Morgan fingerprint density at radius 1 is 1.26 bits per heavy atom. The summed E-state index contributed by atoms with van der Waals surface area (Å²) in [6.07, 6.45) is 0.963. The van der Waals surface area contributed by atoms with Crippen molar-refractivity contribution >= 4 is 11.0 Å². The Hall–Kier alpha value is -2.21. The minimum Gasteiger partial charge on any atom is -0.381 e. The lowest BCUT2D eigenvalue weighted by Crippen LogP contribution is -2.07. The van der Waals surface area contributed by atoms with Crippen molar-refractivity contribution in [2.24, 2.45) is 0 Å². The second kappa shape index (κ2) is 5.77. The second-order valence-electron chi connectivity index (χ2n) is 6.31. The molecule has 0 saturated carbocycles. The van der Waals surface area contributed by atoms with Gasteiger partial charge in [-0.25, -0.2) is 4.98 Å². The first kappa shape index (κ1) is 14.4. The summed E-state index contributed by atoms with van der Waals surface area (Å²) in [5.74, 6) is 3.00. The number of para-hydroxylation sites is 2. The monoisotopic (exact) mass is 312 g/mol. The first-order valence-corrected chi connectivity index (χ1v) is 8.07. The fourth-order valence-corrected chi connectivity index (χ4v) is 3.07. The third-order valence-corrected chi connectivity index (χ3v) is 4.27. The first-order chi connectivity index (χ1) is 11.2. The van der Waals surface area contributed by atoms with Gasteiger partial charge in [0.05, 0.1) is 17.6 Å². The van der Waals surface area contributed by atoms with Gasteiger partial charge in [0, 0.05) is 18.4 Å². The van der Waals surface area contributed by atoms with E-state index in [1.807, 2.05) is 18.2 Å². The smallest absolute Gasteiger partial charge is 0.246 e. The molecule has 6 heteroatoms. The van der Waals surface area contributed by atoms with E-state index >= 15 is 0 Å². The fourth-order valence-electron chi connectivity index (χ4n) is 3.07. The van der Waals surface area contributed by atoms with Crippen molar-refractivity contribution < 1.29 is 9.26 Å². The van der Waals surface area contributed by atoms with Crippen LogP contribution in [0.1, 0.15) is 49.6 Å². The van der Waals surface area contributed by atoms with E-state index in [1.54, 1.807) is 0 Å². The number of fused-ring (bicyclic) bond motifs is 1. The molecule has 4 rings (SSSR count). The Morgan fingerprint density at radius 3 is 2.91 bits per heavy atom. The highest BCUT2D eigenvalue weighted by Gasteiger charge is 2.24. The third-order valence-electron chi connectivity index (χ3n) is 4.27. The molecule has 0 radical (unpaired) electrons. The molecule has 0 amide bonds. The van der Waals surface area contributed by atoms with Crippen LogP contribution in [0.5, 0.6) is 0 Å². The van der Waals surface area contributed by atoms with Gasteiger partial charge in [-0.05, 0) is 18.6 Å². The van der Waals surface area contributed by atoms with Crippen molar-refractivity contribution in [2.45, 2.75) is 38.6 Å². The highest BCUT2D eigenvalue weighted by molar-refractivity contribution is 5.76. The Kier molecular flexibility index (Phi) is 3.61. The van der Waals surface area contributed by atoms with E-state index in [4.69, 9.17) is 14.2 Å². The molecule has 0 spiro atoms. The standard InChI is InChI=1S/C17H20N4O2/c1-11(2)17-18-13-5-3-4-6-14(13)21(17)9-15-19-16(20-23-15)12-7-8-22-10-12/h3-6,11-12H,7-10H2,1-2H3/t12-/m0/s1. The predicted molar refractivity (Wildman–Crippen MR) is 85.4 cm³/mol. The lowest BCUT2D eigenvalue weighted by Gasteiger charge is -2.08. The Bertz CT molecular complexity index is 815. The van der Waals surface area contributed by atoms with E-state index in [2.05, 4.69) is 34.6 Å². The van der Waals surface area contributed by atoms with Crippen LogP contribution in [0.4, 0.5) is 0 Å². The summed E-state index contributed by atoms with van der Waals surface area (Å²) in [5, 5.41) is 4.13. The van der Waals surface area contributed by atoms with Crippen molar-refractivity contribution in [3.05, 3.63) is 41.8 Å². The number of rotatable bonds is 4. The molecule has 1 aliphatic rings. The number of aromatic nitrogens is 4. The van der Waals surface area contributed by atoms with Crippen molar-refractivity contribution in [1.82, 2.24) is 19.7 Å². The topological polar surface area (TPSA) is 66.0 Å². The Balaban J connectivity index is 1.68. The molecule has 2 aromatic heterocycles. The van der Waals surface area contributed by atoms with Gasteiger partial charge in [-0.2, -0.15) is 4.98 Å². The molecule has 3 heterocycles. The molecule has 23 heavy (non-hydrogen) atoms. The number of hydrogen-bond acceptors (Lipinski definition) is 5. The van der Waals surface area contributed by atoms with Gasteiger partial charge in [0.25, 0.3) is 0 Å². The van der Waals surface area contributed by atoms with E-state index in [0.717, 1.165) is 35.7 Å². The van der Waals surface area contributed by atoms with Crippen LogP contribution in [0, 0.1) is 0 Å². The third kappa shape index (κ3) is 2.63. The van der Waals surface area contributed by atoms with Gasteiger partial charge in [-0.15, -0.1) is 0 Å². The van der Waals surface area contributed by atoms with E-state index in [-0.39, 0.29) is 5.92 Å². The van der Waals surface area contributed by atoms with Gasteiger partial charge >= 0.3 is 0 Å². The van der Waals surface area contributed by atoms with Gasteiger partial charge in [-0.1, -0.05) is 31.1 Å². The van der Waals surface area contributed by atoms with Crippen LogP contribution in [0.25, 0.3) is 11.0 Å². The van der Waals surface area contributed by atoms with Crippen LogP contribution in [-0.2, 0) is 11.3 Å². The molecular formula is C17H20N4O2. The normalized spacial score (nSPS) is 18.3. The molecule has 3 aromatic rings. The average molecular weight is 312 g/mol. The van der Waals surface area contributed by atoms with E-state index in [1.165, 1.54) is 0 Å². The molecule has 6 nitrogen and oxygen atoms in total. The maximum absolute atomic E-state index is 5.47. The van der Waals surface area contributed by atoms with E-state index in [9.17, 15) is 0 Å². The lowest BCUT2D eigenvalue weighted by atomic mass is 10.1. The highest BCUT2D eigenvalue weighted by Crippen LogP contribution is 2.25. The predicted octanol–water partition coefficient (Wildman–Crippen LogP) is 3.09. The molecule has 120 valence electrons. The summed E-state index contributed by atoms with van der Waals surface area (Å²) < 4.78 is 13.0. The van der Waals surface area contributed by atoms with E-state index in [0.29, 0.717) is 25.0 Å². The molecule has 0 N–H and O–H groups in total. The van der Waals surface area contributed by atoms with Crippen LogP contribution in [0.15, 0.2) is 28.8 Å². The van der Waals surface area contributed by atoms with Crippen LogP contribution in [0.2, 0.25) is 0 Å². The molecule has 1 atom stereocenters. The molecule has 1 aromatic carbocycles. The quantitative estimate of drug-likeness (QED) is 0.740. The van der Waals surface area contributed by atoms with Crippen LogP contribution < -0.4 is 0 Å². The summed E-state index contributed by atoms with van der Waals surface area (Å²) in [4.78, 5) is 9.31. The molecule has 0 aliphatic carbocycles. The SMILES string of the molecule is CC(C)c1nc2ccccc2n1Cc1nc([C@H]2CCOC2)no1.